The predicted octanol–water partition coefficient (Wildman–Crippen LogP) is 0.867. The number of nitrogens with zero attached hydrogens (tertiary/aromatic N) is 1. The Kier molecular flexibility index (Phi) is 8.13. The Morgan fingerprint density at radius 2 is 2.32 bits per heavy atom. The third-order valence-corrected chi connectivity index (χ3v) is 4.66. The van der Waals surface area contributed by atoms with Crippen molar-refractivity contribution in [3.05, 3.63) is 22.4 Å². The highest BCUT2D eigenvalue weighted by molar-refractivity contribution is 7.09. The van der Waals surface area contributed by atoms with Gasteiger partial charge in [-0.05, 0) is 37.8 Å². The number of aliphatic hydroxyl groups excluding tert-OH is 1. The molecule has 0 unspecified atom stereocenters. The quantitative estimate of drug-likeness (QED) is 0.586. The zero-order chi connectivity index (χ0) is 18.1. The topological polar surface area (TPSA) is 100 Å². The Labute approximate surface area is 151 Å². The molecule has 1 fully saturated rings. The smallest absolute Gasteiger partial charge is 0.426 e. The first-order chi connectivity index (χ1) is 12.1. The predicted molar refractivity (Wildman–Crippen MR) is 92.9 cm³/mol. The van der Waals surface area contributed by atoms with E-state index in [1.54, 1.807) is 18.3 Å². The standard InChI is InChI=1S/C16H25N3O5S/c1-2-24-16(22)18-17-15(21)14-6-3-7-19(14)9-12(20)10-23-11-13-5-4-8-25-13/h4-5,8,12,14,20H,2-3,6-7,9-11H2,1H3,(H,17,21)(H,18,22)/t12-,14-/m1/s1. The number of hydrogen-bond acceptors (Lipinski definition) is 7. The minimum Gasteiger partial charge on any atom is -0.449 e. The minimum atomic E-state index is -0.692. The van der Waals surface area contributed by atoms with Gasteiger partial charge in [-0.15, -0.1) is 11.3 Å². The van der Waals surface area contributed by atoms with E-state index in [4.69, 9.17) is 4.74 Å². The summed E-state index contributed by atoms with van der Waals surface area (Å²) in [7, 11) is 0. The van der Waals surface area contributed by atoms with Crippen molar-refractivity contribution < 1.29 is 24.2 Å². The van der Waals surface area contributed by atoms with Crippen molar-refractivity contribution in [3.63, 3.8) is 0 Å². The van der Waals surface area contributed by atoms with Crippen LogP contribution in [0.4, 0.5) is 4.79 Å². The maximum absolute atomic E-state index is 12.2. The molecule has 8 nitrogen and oxygen atoms in total. The lowest BCUT2D eigenvalue weighted by molar-refractivity contribution is -0.127. The Hall–Kier alpha value is -1.68. The van der Waals surface area contributed by atoms with Gasteiger partial charge in [0.05, 0.1) is 32.0 Å². The van der Waals surface area contributed by atoms with Crippen molar-refractivity contribution in [3.8, 4) is 0 Å². The second-order valence-electron chi connectivity index (χ2n) is 5.74. The largest absolute Gasteiger partial charge is 0.449 e. The molecule has 0 saturated carbocycles. The van der Waals surface area contributed by atoms with Crippen LogP contribution in [0.15, 0.2) is 17.5 Å². The van der Waals surface area contributed by atoms with Crippen LogP contribution in [0.25, 0.3) is 0 Å². The molecule has 0 spiro atoms. The number of aliphatic hydroxyl groups is 1. The Balaban J connectivity index is 1.70. The lowest BCUT2D eigenvalue weighted by atomic mass is 10.2. The Morgan fingerprint density at radius 3 is 3.04 bits per heavy atom. The molecule has 1 aliphatic heterocycles. The van der Waals surface area contributed by atoms with Crippen molar-refractivity contribution in [1.29, 1.82) is 0 Å². The monoisotopic (exact) mass is 371 g/mol. The molecule has 25 heavy (non-hydrogen) atoms. The summed E-state index contributed by atoms with van der Waals surface area (Å²) in [6, 6.07) is 3.56. The minimum absolute atomic E-state index is 0.212. The molecule has 9 heteroatoms. The molecule has 0 aromatic carbocycles. The van der Waals surface area contributed by atoms with Gasteiger partial charge in [0.1, 0.15) is 0 Å². The molecule has 0 bridgehead atoms. The number of thiophene rings is 1. The van der Waals surface area contributed by atoms with Crippen LogP contribution in [0.1, 0.15) is 24.6 Å². The van der Waals surface area contributed by atoms with Crippen LogP contribution in [0.5, 0.6) is 0 Å². The van der Waals surface area contributed by atoms with E-state index in [1.165, 1.54) is 0 Å². The van der Waals surface area contributed by atoms with E-state index in [9.17, 15) is 14.7 Å². The second-order valence-corrected chi connectivity index (χ2v) is 6.77. The van der Waals surface area contributed by atoms with Gasteiger partial charge in [0.25, 0.3) is 5.91 Å². The molecule has 140 valence electrons. The molecule has 2 heterocycles. The van der Waals surface area contributed by atoms with Crippen LogP contribution >= 0.6 is 11.3 Å². The number of β-amino-alcohol motifs (C(OH)–C–C–N with tert-alkyl or cyclic N) is 1. The summed E-state index contributed by atoms with van der Waals surface area (Å²) in [6.07, 6.45) is 0.174. The van der Waals surface area contributed by atoms with E-state index in [0.717, 1.165) is 17.8 Å². The van der Waals surface area contributed by atoms with E-state index >= 15 is 0 Å². The van der Waals surface area contributed by atoms with Crippen LogP contribution < -0.4 is 10.9 Å². The highest BCUT2D eigenvalue weighted by Gasteiger charge is 2.32. The molecule has 3 N–H and O–H groups in total. The first-order valence-electron chi connectivity index (χ1n) is 8.35. The number of carbonyl (C=O) groups is 2. The molecule has 2 atom stereocenters. The van der Waals surface area contributed by atoms with Gasteiger partial charge < -0.3 is 14.6 Å². The molecular formula is C16H25N3O5S. The first kappa shape index (κ1) is 19.6. The summed E-state index contributed by atoms with van der Waals surface area (Å²) in [6.45, 7) is 3.67. The van der Waals surface area contributed by atoms with Gasteiger partial charge in [-0.3, -0.25) is 15.1 Å². The van der Waals surface area contributed by atoms with Crippen LogP contribution in [-0.4, -0.2) is 60.5 Å². The lowest BCUT2D eigenvalue weighted by Gasteiger charge is -2.25. The normalized spacial score (nSPS) is 18.7. The van der Waals surface area contributed by atoms with Crippen molar-refractivity contribution >= 4 is 23.3 Å². The fourth-order valence-electron chi connectivity index (χ4n) is 2.72. The van der Waals surface area contributed by atoms with Gasteiger partial charge in [-0.25, -0.2) is 10.2 Å². The maximum atomic E-state index is 12.2. The Bertz CT molecular complexity index is 540. The Morgan fingerprint density at radius 1 is 1.48 bits per heavy atom. The van der Waals surface area contributed by atoms with Gasteiger partial charge in [-0.2, -0.15) is 0 Å². The highest BCUT2D eigenvalue weighted by atomic mass is 32.1. The maximum Gasteiger partial charge on any atom is 0.426 e. The van der Waals surface area contributed by atoms with Crippen molar-refractivity contribution in [1.82, 2.24) is 15.8 Å². The van der Waals surface area contributed by atoms with Crippen molar-refractivity contribution in [2.24, 2.45) is 0 Å². The number of hydrogen-bond donors (Lipinski definition) is 3. The van der Waals surface area contributed by atoms with Gasteiger partial charge in [-0.1, -0.05) is 6.07 Å². The first-order valence-corrected chi connectivity index (χ1v) is 9.23. The molecule has 2 amide bonds. The number of carbonyl (C=O) groups excluding carboxylic acids is 2. The fraction of sp³-hybridized carbons (Fsp3) is 0.625. The summed E-state index contributed by atoms with van der Waals surface area (Å²) in [4.78, 5) is 26.4. The SMILES string of the molecule is CCOC(=O)NNC(=O)[C@H]1CCCN1C[C@@H](O)COCc1cccs1. The molecule has 1 aromatic rings. The number of hydrazine groups is 1. The second kappa shape index (κ2) is 10.3. The fourth-order valence-corrected chi connectivity index (χ4v) is 3.36. The number of ether oxygens (including phenoxy) is 2. The van der Waals surface area contributed by atoms with Crippen LogP contribution in [0, 0.1) is 0 Å². The molecule has 1 aromatic heterocycles. The molecule has 0 aliphatic carbocycles. The average molecular weight is 371 g/mol. The van der Waals surface area contributed by atoms with Gasteiger partial charge in [0.15, 0.2) is 0 Å². The summed E-state index contributed by atoms with van der Waals surface area (Å²) < 4.78 is 10.2. The van der Waals surface area contributed by atoms with Crippen LogP contribution in [0.2, 0.25) is 0 Å². The summed E-state index contributed by atoms with van der Waals surface area (Å²) in [5.74, 6) is -0.308. The molecule has 1 saturated heterocycles. The lowest BCUT2D eigenvalue weighted by Crippen LogP contribution is -2.51. The molecule has 2 rings (SSSR count). The summed E-state index contributed by atoms with van der Waals surface area (Å²) in [5.41, 5.74) is 4.57. The van der Waals surface area contributed by atoms with E-state index in [0.29, 0.717) is 19.6 Å². The third kappa shape index (κ3) is 6.62. The van der Waals surface area contributed by atoms with Crippen molar-refractivity contribution in [2.45, 2.75) is 38.5 Å². The van der Waals surface area contributed by atoms with E-state index in [2.05, 4.69) is 15.6 Å². The molecular weight excluding hydrogens is 346 g/mol. The van der Waals surface area contributed by atoms with E-state index in [-0.39, 0.29) is 25.2 Å². The van der Waals surface area contributed by atoms with Gasteiger partial charge in [0.2, 0.25) is 0 Å². The summed E-state index contributed by atoms with van der Waals surface area (Å²) in [5, 5.41) is 12.1. The van der Waals surface area contributed by atoms with Crippen LogP contribution in [-0.2, 0) is 20.9 Å². The van der Waals surface area contributed by atoms with E-state index in [1.807, 2.05) is 22.4 Å². The number of nitrogens with one attached hydrogen (secondary N) is 2. The number of rotatable bonds is 8. The average Bonchev–Trinajstić information content (AvgIpc) is 3.25. The zero-order valence-corrected chi connectivity index (χ0v) is 15.1. The van der Waals surface area contributed by atoms with Gasteiger partial charge in [0, 0.05) is 11.4 Å². The van der Waals surface area contributed by atoms with E-state index < -0.39 is 12.2 Å². The van der Waals surface area contributed by atoms with Gasteiger partial charge >= 0.3 is 6.09 Å². The van der Waals surface area contributed by atoms with Crippen molar-refractivity contribution in [2.75, 3.05) is 26.3 Å². The number of amides is 2. The zero-order valence-electron chi connectivity index (χ0n) is 14.3. The molecule has 0 radical (unpaired) electrons. The third-order valence-electron chi connectivity index (χ3n) is 3.81. The number of likely N-dealkylation sites (tertiary alicyclic amines) is 1. The summed E-state index contributed by atoms with van der Waals surface area (Å²) >= 11 is 1.61. The highest BCUT2D eigenvalue weighted by Crippen LogP contribution is 2.18. The van der Waals surface area contributed by atoms with Crippen LogP contribution in [0.3, 0.4) is 0 Å². The molecule has 1 aliphatic rings.